The molecule has 110 valence electrons. The Labute approximate surface area is 126 Å². The van der Waals surface area contributed by atoms with Crippen molar-refractivity contribution in [3.05, 3.63) is 65.7 Å². The molecule has 0 saturated heterocycles. The van der Waals surface area contributed by atoms with Crippen LogP contribution >= 0.6 is 0 Å². The fraction of sp³-hybridized carbons (Fsp3) is 0.278. The highest BCUT2D eigenvalue weighted by atomic mass is 16.1. The molecule has 0 saturated carbocycles. The van der Waals surface area contributed by atoms with Crippen molar-refractivity contribution in [1.29, 1.82) is 0 Å². The van der Waals surface area contributed by atoms with E-state index in [1.807, 2.05) is 68.4 Å². The first kappa shape index (κ1) is 15.1. The number of nitrogens with two attached hydrogens (primary N) is 1. The van der Waals surface area contributed by atoms with Gasteiger partial charge in [-0.2, -0.15) is 0 Å². The van der Waals surface area contributed by atoms with Crippen LogP contribution in [0.4, 0.5) is 5.69 Å². The number of benzene rings is 2. The van der Waals surface area contributed by atoms with Crippen LogP contribution in [0.5, 0.6) is 0 Å². The van der Waals surface area contributed by atoms with Crippen molar-refractivity contribution in [1.82, 2.24) is 5.32 Å². The highest BCUT2D eigenvalue weighted by Crippen LogP contribution is 2.22. The molecule has 0 heterocycles. The first-order chi connectivity index (χ1) is 10.1. The van der Waals surface area contributed by atoms with Gasteiger partial charge in [-0.1, -0.05) is 49.4 Å². The van der Waals surface area contributed by atoms with Crippen LogP contribution in [0, 0.1) is 0 Å². The van der Waals surface area contributed by atoms with E-state index in [4.69, 9.17) is 5.73 Å². The number of carbonyl (C=O) groups excluding carboxylic acids is 1. The summed E-state index contributed by atoms with van der Waals surface area (Å²) in [5.74, 6) is -0.0617. The predicted octanol–water partition coefficient (Wildman–Crippen LogP) is 3.64. The monoisotopic (exact) mass is 282 g/mol. The van der Waals surface area contributed by atoms with E-state index in [1.165, 1.54) is 0 Å². The molecule has 1 amide bonds. The van der Waals surface area contributed by atoms with Crippen molar-refractivity contribution in [3.8, 4) is 0 Å². The molecule has 3 N–H and O–H groups in total. The molecule has 0 aliphatic heterocycles. The lowest BCUT2D eigenvalue weighted by molar-refractivity contribution is -0.123. The van der Waals surface area contributed by atoms with E-state index in [0.717, 1.165) is 17.5 Å². The van der Waals surface area contributed by atoms with Crippen LogP contribution in [-0.4, -0.2) is 5.91 Å². The molecule has 0 fully saturated rings. The molecule has 2 rings (SSSR count). The second-order valence-electron chi connectivity index (χ2n) is 5.27. The molecule has 0 aliphatic carbocycles. The maximum atomic E-state index is 12.5. The molecule has 0 bridgehead atoms. The summed E-state index contributed by atoms with van der Waals surface area (Å²) in [6.45, 7) is 4.01. The maximum absolute atomic E-state index is 12.5. The van der Waals surface area contributed by atoms with Gasteiger partial charge >= 0.3 is 0 Å². The fourth-order valence-corrected chi connectivity index (χ4v) is 2.48. The number of nitrogens with one attached hydrogen (secondary N) is 1. The third kappa shape index (κ3) is 3.85. The summed E-state index contributed by atoms with van der Waals surface area (Å²) >= 11 is 0. The van der Waals surface area contributed by atoms with Crippen molar-refractivity contribution in [2.45, 2.75) is 32.2 Å². The number of hydrogen-bond donors (Lipinski definition) is 2. The molecule has 2 atom stereocenters. The molecule has 3 heteroatoms. The lowest BCUT2D eigenvalue weighted by Gasteiger charge is -2.20. The average Bonchev–Trinajstić information content (AvgIpc) is 2.49. The van der Waals surface area contributed by atoms with Crippen LogP contribution in [0.1, 0.15) is 43.4 Å². The lowest BCUT2D eigenvalue weighted by Crippen LogP contribution is -2.31. The Balaban J connectivity index is 2.09. The van der Waals surface area contributed by atoms with Gasteiger partial charge in [0.05, 0.1) is 12.0 Å². The van der Waals surface area contributed by atoms with Crippen LogP contribution in [0.25, 0.3) is 0 Å². The molecule has 0 spiro atoms. The lowest BCUT2D eigenvalue weighted by atomic mass is 9.95. The molecular formula is C18H22N2O. The molecule has 3 nitrogen and oxygen atoms in total. The van der Waals surface area contributed by atoms with E-state index in [2.05, 4.69) is 5.32 Å². The highest BCUT2D eigenvalue weighted by molar-refractivity contribution is 5.84. The zero-order valence-corrected chi connectivity index (χ0v) is 12.5. The Morgan fingerprint density at radius 1 is 1.10 bits per heavy atom. The molecule has 0 radical (unpaired) electrons. The van der Waals surface area contributed by atoms with Crippen molar-refractivity contribution >= 4 is 11.6 Å². The molecule has 0 aromatic heterocycles. The topological polar surface area (TPSA) is 55.1 Å². The number of hydrogen-bond acceptors (Lipinski definition) is 2. The Bertz CT molecular complexity index is 595. The van der Waals surface area contributed by atoms with Crippen molar-refractivity contribution in [2.75, 3.05) is 5.73 Å². The van der Waals surface area contributed by atoms with Crippen LogP contribution in [0.15, 0.2) is 54.6 Å². The minimum atomic E-state index is -0.116. The summed E-state index contributed by atoms with van der Waals surface area (Å²) < 4.78 is 0. The van der Waals surface area contributed by atoms with E-state index in [1.54, 1.807) is 0 Å². The van der Waals surface area contributed by atoms with Crippen LogP contribution < -0.4 is 11.1 Å². The van der Waals surface area contributed by atoms with Crippen molar-refractivity contribution in [2.24, 2.45) is 0 Å². The first-order valence-corrected chi connectivity index (χ1v) is 7.32. The van der Waals surface area contributed by atoms with Gasteiger partial charge in [0.25, 0.3) is 0 Å². The molecule has 0 aliphatic rings. The molecule has 2 aromatic rings. The Morgan fingerprint density at radius 3 is 2.38 bits per heavy atom. The highest BCUT2D eigenvalue weighted by Gasteiger charge is 2.20. The van der Waals surface area contributed by atoms with Crippen LogP contribution in [0.2, 0.25) is 0 Å². The van der Waals surface area contributed by atoms with Gasteiger partial charge in [-0.3, -0.25) is 4.79 Å². The van der Waals surface area contributed by atoms with Gasteiger partial charge in [0.2, 0.25) is 5.91 Å². The summed E-state index contributed by atoms with van der Waals surface area (Å²) in [5, 5.41) is 3.08. The summed E-state index contributed by atoms with van der Waals surface area (Å²) in [4.78, 5) is 12.5. The summed E-state index contributed by atoms with van der Waals surface area (Å²) in [7, 11) is 0. The summed E-state index contributed by atoms with van der Waals surface area (Å²) in [6, 6.07) is 17.5. The predicted molar refractivity (Wildman–Crippen MR) is 86.9 cm³/mol. The minimum Gasteiger partial charge on any atom is -0.399 e. The molecule has 2 aromatic carbocycles. The second kappa shape index (κ2) is 6.93. The number of amides is 1. The van der Waals surface area contributed by atoms with Gasteiger partial charge in [0.1, 0.15) is 0 Å². The van der Waals surface area contributed by atoms with Gasteiger partial charge < -0.3 is 11.1 Å². The molecule has 2 unspecified atom stereocenters. The number of nitrogen functional groups attached to an aromatic ring is 1. The third-order valence-corrected chi connectivity index (χ3v) is 3.70. The largest absolute Gasteiger partial charge is 0.399 e. The van der Waals surface area contributed by atoms with Gasteiger partial charge in [-0.25, -0.2) is 0 Å². The zero-order chi connectivity index (χ0) is 15.2. The normalized spacial score (nSPS) is 13.4. The fourth-order valence-electron chi connectivity index (χ4n) is 2.48. The Hall–Kier alpha value is -2.29. The molecule has 21 heavy (non-hydrogen) atoms. The van der Waals surface area contributed by atoms with E-state index in [0.29, 0.717) is 5.69 Å². The number of rotatable bonds is 5. The van der Waals surface area contributed by atoms with E-state index in [-0.39, 0.29) is 17.9 Å². The van der Waals surface area contributed by atoms with Gasteiger partial charge in [0, 0.05) is 5.69 Å². The van der Waals surface area contributed by atoms with Gasteiger partial charge in [0.15, 0.2) is 0 Å². The van der Waals surface area contributed by atoms with Gasteiger partial charge in [-0.05, 0) is 36.6 Å². The Morgan fingerprint density at radius 2 is 1.76 bits per heavy atom. The smallest absolute Gasteiger partial charge is 0.228 e. The van der Waals surface area contributed by atoms with E-state index < -0.39 is 0 Å². The van der Waals surface area contributed by atoms with Crippen LogP contribution in [-0.2, 0) is 4.79 Å². The van der Waals surface area contributed by atoms with Gasteiger partial charge in [-0.15, -0.1) is 0 Å². The van der Waals surface area contributed by atoms with E-state index in [9.17, 15) is 4.79 Å². The molecular weight excluding hydrogens is 260 g/mol. The van der Waals surface area contributed by atoms with Crippen molar-refractivity contribution in [3.63, 3.8) is 0 Å². The number of anilines is 1. The standard InChI is InChI=1S/C18H22N2O/c1-3-17(14-8-5-4-6-9-14)18(21)20-13(2)15-10-7-11-16(19)12-15/h4-13,17H,3,19H2,1-2H3,(H,20,21). The third-order valence-electron chi connectivity index (χ3n) is 3.70. The number of carbonyl (C=O) groups is 1. The Kier molecular flexibility index (Phi) is 4.99. The summed E-state index contributed by atoms with van der Waals surface area (Å²) in [6.07, 6.45) is 0.777. The average molecular weight is 282 g/mol. The second-order valence-corrected chi connectivity index (χ2v) is 5.27. The minimum absolute atomic E-state index is 0.0543. The quantitative estimate of drug-likeness (QED) is 0.823. The SMILES string of the molecule is CCC(C(=O)NC(C)c1cccc(N)c1)c1ccccc1. The first-order valence-electron chi connectivity index (χ1n) is 7.32. The summed E-state index contributed by atoms with van der Waals surface area (Å²) in [5.41, 5.74) is 8.58. The zero-order valence-electron chi connectivity index (χ0n) is 12.5. The van der Waals surface area contributed by atoms with Crippen LogP contribution in [0.3, 0.4) is 0 Å². The van der Waals surface area contributed by atoms with Crippen molar-refractivity contribution < 1.29 is 4.79 Å². The maximum Gasteiger partial charge on any atom is 0.228 e. The van der Waals surface area contributed by atoms with E-state index >= 15 is 0 Å².